The van der Waals surface area contributed by atoms with Crippen LogP contribution >= 0.6 is 0 Å². The number of nitrogens with zero attached hydrogens (tertiary/aromatic N) is 1. The highest BCUT2D eigenvalue weighted by Gasteiger charge is 2.20. The first-order valence-electron chi connectivity index (χ1n) is 7.32. The second-order valence-corrected chi connectivity index (χ2v) is 5.81. The standard InChI is InChI=1S/C16H25FN2/c1-12-7-9-19(10-8-13(2)18-12)14(3)15-5-4-6-16(17)11-15/h4-6,11-14,18H,7-10H2,1-3H3. The van der Waals surface area contributed by atoms with Crippen molar-refractivity contribution in [3.05, 3.63) is 35.6 Å². The number of hydrogen-bond donors (Lipinski definition) is 1. The van der Waals surface area contributed by atoms with Crippen LogP contribution in [-0.4, -0.2) is 30.1 Å². The molecule has 1 aromatic rings. The first-order valence-corrected chi connectivity index (χ1v) is 7.32. The van der Waals surface area contributed by atoms with Crippen molar-refractivity contribution in [1.82, 2.24) is 10.2 Å². The van der Waals surface area contributed by atoms with Crippen molar-refractivity contribution in [3.63, 3.8) is 0 Å². The van der Waals surface area contributed by atoms with Gasteiger partial charge in [-0.1, -0.05) is 12.1 Å². The lowest BCUT2D eigenvalue weighted by atomic mass is 10.0. The quantitative estimate of drug-likeness (QED) is 0.881. The summed E-state index contributed by atoms with van der Waals surface area (Å²) in [4.78, 5) is 2.47. The van der Waals surface area contributed by atoms with Crippen molar-refractivity contribution in [1.29, 1.82) is 0 Å². The molecule has 2 rings (SSSR count). The van der Waals surface area contributed by atoms with E-state index in [0.29, 0.717) is 12.1 Å². The van der Waals surface area contributed by atoms with Gasteiger partial charge in [-0.05, 0) is 51.3 Å². The van der Waals surface area contributed by atoms with Crippen LogP contribution in [0.2, 0.25) is 0 Å². The average molecular weight is 264 g/mol. The summed E-state index contributed by atoms with van der Waals surface area (Å²) >= 11 is 0. The first kappa shape index (κ1) is 14.5. The van der Waals surface area contributed by atoms with E-state index in [1.165, 1.54) is 6.07 Å². The molecule has 2 nitrogen and oxygen atoms in total. The van der Waals surface area contributed by atoms with E-state index in [1.54, 1.807) is 12.1 Å². The van der Waals surface area contributed by atoms with E-state index in [0.717, 1.165) is 31.5 Å². The number of rotatable bonds is 2. The molecule has 1 aliphatic heterocycles. The maximum absolute atomic E-state index is 13.3. The molecule has 0 bridgehead atoms. The highest BCUT2D eigenvalue weighted by atomic mass is 19.1. The van der Waals surface area contributed by atoms with Crippen LogP contribution in [-0.2, 0) is 0 Å². The maximum Gasteiger partial charge on any atom is 0.123 e. The molecular weight excluding hydrogens is 239 g/mol. The van der Waals surface area contributed by atoms with Gasteiger partial charge in [0, 0.05) is 31.2 Å². The Bertz CT molecular complexity index is 395. The fraction of sp³-hybridized carbons (Fsp3) is 0.625. The Morgan fingerprint density at radius 1 is 1.21 bits per heavy atom. The van der Waals surface area contributed by atoms with E-state index in [2.05, 4.69) is 31.0 Å². The van der Waals surface area contributed by atoms with Crippen LogP contribution in [0.3, 0.4) is 0 Å². The minimum Gasteiger partial charge on any atom is -0.312 e. The lowest BCUT2D eigenvalue weighted by molar-refractivity contribution is 0.172. The van der Waals surface area contributed by atoms with Gasteiger partial charge in [-0.3, -0.25) is 4.90 Å². The third-order valence-corrected chi connectivity index (χ3v) is 4.15. The summed E-state index contributed by atoms with van der Waals surface area (Å²) in [5.74, 6) is -0.139. The normalized spacial score (nSPS) is 27.6. The molecule has 1 heterocycles. The van der Waals surface area contributed by atoms with E-state index in [1.807, 2.05) is 6.07 Å². The van der Waals surface area contributed by atoms with E-state index in [9.17, 15) is 4.39 Å². The van der Waals surface area contributed by atoms with E-state index in [4.69, 9.17) is 0 Å². The van der Waals surface area contributed by atoms with Crippen LogP contribution < -0.4 is 5.32 Å². The van der Waals surface area contributed by atoms with Gasteiger partial charge in [0.2, 0.25) is 0 Å². The molecule has 0 aliphatic carbocycles. The summed E-state index contributed by atoms with van der Waals surface area (Å²) in [7, 11) is 0. The lowest BCUT2D eigenvalue weighted by Gasteiger charge is -2.34. The van der Waals surface area contributed by atoms with Gasteiger partial charge in [0.15, 0.2) is 0 Å². The van der Waals surface area contributed by atoms with Crippen LogP contribution in [0.4, 0.5) is 4.39 Å². The van der Waals surface area contributed by atoms with Crippen LogP contribution in [0.25, 0.3) is 0 Å². The molecule has 0 radical (unpaired) electrons. The molecule has 1 aliphatic rings. The third-order valence-electron chi connectivity index (χ3n) is 4.15. The summed E-state index contributed by atoms with van der Waals surface area (Å²) in [6, 6.07) is 8.39. The highest BCUT2D eigenvalue weighted by molar-refractivity contribution is 5.19. The highest BCUT2D eigenvalue weighted by Crippen LogP contribution is 2.23. The van der Waals surface area contributed by atoms with Crippen molar-refractivity contribution in [2.24, 2.45) is 0 Å². The predicted molar refractivity (Wildman–Crippen MR) is 77.7 cm³/mol. The molecule has 0 aromatic heterocycles. The van der Waals surface area contributed by atoms with Crippen molar-refractivity contribution in [3.8, 4) is 0 Å². The molecule has 0 spiro atoms. The zero-order valence-corrected chi connectivity index (χ0v) is 12.2. The molecule has 3 atom stereocenters. The van der Waals surface area contributed by atoms with Gasteiger partial charge in [-0.2, -0.15) is 0 Å². The molecule has 0 amide bonds. The summed E-state index contributed by atoms with van der Waals surface area (Å²) < 4.78 is 13.3. The summed E-state index contributed by atoms with van der Waals surface area (Å²) in [5, 5.41) is 3.60. The van der Waals surface area contributed by atoms with Crippen molar-refractivity contribution >= 4 is 0 Å². The van der Waals surface area contributed by atoms with Gasteiger partial charge in [0.1, 0.15) is 5.82 Å². The molecule has 19 heavy (non-hydrogen) atoms. The second kappa shape index (κ2) is 6.49. The number of hydrogen-bond acceptors (Lipinski definition) is 2. The molecule has 1 aromatic carbocycles. The minimum absolute atomic E-state index is 0.139. The smallest absolute Gasteiger partial charge is 0.123 e. The Hall–Kier alpha value is -0.930. The van der Waals surface area contributed by atoms with Gasteiger partial charge < -0.3 is 5.32 Å². The topological polar surface area (TPSA) is 15.3 Å². The Balaban J connectivity index is 2.06. The largest absolute Gasteiger partial charge is 0.312 e. The van der Waals surface area contributed by atoms with E-state index >= 15 is 0 Å². The van der Waals surface area contributed by atoms with Gasteiger partial charge in [-0.25, -0.2) is 4.39 Å². The molecule has 1 saturated heterocycles. The zero-order chi connectivity index (χ0) is 13.8. The second-order valence-electron chi connectivity index (χ2n) is 5.81. The molecule has 3 unspecified atom stereocenters. The van der Waals surface area contributed by atoms with E-state index in [-0.39, 0.29) is 11.9 Å². The van der Waals surface area contributed by atoms with Crippen molar-refractivity contribution in [2.45, 2.75) is 51.7 Å². The molecule has 1 N–H and O–H groups in total. The summed E-state index contributed by atoms with van der Waals surface area (Å²) in [6.07, 6.45) is 2.29. The first-order chi connectivity index (χ1) is 9.06. The van der Waals surface area contributed by atoms with Crippen molar-refractivity contribution < 1.29 is 4.39 Å². The van der Waals surface area contributed by atoms with Crippen molar-refractivity contribution in [2.75, 3.05) is 13.1 Å². The zero-order valence-electron chi connectivity index (χ0n) is 12.2. The minimum atomic E-state index is -0.139. The molecule has 0 saturated carbocycles. The average Bonchev–Trinajstić information content (AvgIpc) is 2.36. The maximum atomic E-state index is 13.3. The number of benzene rings is 1. The van der Waals surface area contributed by atoms with E-state index < -0.39 is 0 Å². The molecule has 106 valence electrons. The van der Waals surface area contributed by atoms with Gasteiger partial charge >= 0.3 is 0 Å². The summed E-state index contributed by atoms with van der Waals surface area (Å²) in [5.41, 5.74) is 1.08. The molecule has 3 heteroatoms. The van der Waals surface area contributed by atoms with Crippen LogP contribution in [0.5, 0.6) is 0 Å². The fourth-order valence-electron chi connectivity index (χ4n) is 2.85. The third kappa shape index (κ3) is 4.02. The SMILES string of the molecule is CC1CCN(C(C)c2cccc(F)c2)CCC(C)N1. The Morgan fingerprint density at radius 3 is 2.42 bits per heavy atom. The number of nitrogens with one attached hydrogen (secondary N) is 1. The predicted octanol–water partition coefficient (Wildman–Crippen LogP) is 3.35. The van der Waals surface area contributed by atoms with Crippen LogP contribution in [0.15, 0.2) is 24.3 Å². The van der Waals surface area contributed by atoms with Crippen LogP contribution in [0, 0.1) is 5.82 Å². The summed E-state index contributed by atoms with van der Waals surface area (Å²) in [6.45, 7) is 8.80. The number of halogens is 1. The Labute approximate surface area is 116 Å². The Morgan fingerprint density at radius 2 is 1.84 bits per heavy atom. The lowest BCUT2D eigenvalue weighted by Crippen LogP contribution is -2.43. The van der Waals surface area contributed by atoms with Gasteiger partial charge in [0.05, 0.1) is 0 Å². The molecule has 1 fully saturated rings. The van der Waals surface area contributed by atoms with Gasteiger partial charge in [-0.15, -0.1) is 0 Å². The van der Waals surface area contributed by atoms with Crippen LogP contribution in [0.1, 0.15) is 45.2 Å². The fourth-order valence-corrected chi connectivity index (χ4v) is 2.85. The Kier molecular flexibility index (Phi) is 4.94. The molecular formula is C16H25FN2. The monoisotopic (exact) mass is 264 g/mol. The van der Waals surface area contributed by atoms with Gasteiger partial charge in [0.25, 0.3) is 0 Å².